The highest BCUT2D eigenvalue weighted by atomic mass is 16.5. The molecule has 8 heteroatoms. The maximum absolute atomic E-state index is 5.77. The summed E-state index contributed by atoms with van der Waals surface area (Å²) in [6, 6.07) is 0. The summed E-state index contributed by atoms with van der Waals surface area (Å²) in [7, 11) is 0. The van der Waals surface area contributed by atoms with E-state index in [1.54, 1.807) is 0 Å². The Bertz CT molecular complexity index is 400. The molecule has 20 heavy (non-hydrogen) atoms. The van der Waals surface area contributed by atoms with Crippen molar-refractivity contribution >= 4 is 11.9 Å². The Morgan fingerprint density at radius 2 is 1.75 bits per heavy atom. The number of anilines is 2. The van der Waals surface area contributed by atoms with Crippen molar-refractivity contribution in [2.24, 2.45) is 5.73 Å². The number of nitrogens with two attached hydrogens (primary N) is 3. The van der Waals surface area contributed by atoms with Crippen molar-refractivity contribution in [3.63, 3.8) is 0 Å². The summed E-state index contributed by atoms with van der Waals surface area (Å²) < 4.78 is 5.77. The Hall–Kier alpha value is -1.51. The predicted molar refractivity (Wildman–Crippen MR) is 76.6 cm³/mol. The number of nitrogen functional groups attached to an aromatic ring is 2. The van der Waals surface area contributed by atoms with Crippen LogP contribution in [0.4, 0.5) is 11.9 Å². The van der Waals surface area contributed by atoms with Crippen LogP contribution in [0.1, 0.15) is 25.1 Å². The van der Waals surface area contributed by atoms with E-state index in [-0.39, 0.29) is 11.9 Å². The molecule has 1 fully saturated rings. The van der Waals surface area contributed by atoms with Gasteiger partial charge in [-0.2, -0.15) is 15.0 Å². The summed E-state index contributed by atoms with van der Waals surface area (Å²) in [4.78, 5) is 14.2. The first-order valence-electron chi connectivity index (χ1n) is 6.97. The number of ether oxygens (including phenoxy) is 1. The fourth-order valence-corrected chi connectivity index (χ4v) is 2.29. The SMILES string of the molecule is NCCCOC1CCN(Cc2nc(N)nc(N)n2)CC1. The fraction of sp³-hybridized carbons (Fsp3) is 0.750. The van der Waals surface area contributed by atoms with Crippen molar-refractivity contribution in [2.75, 3.05) is 37.7 Å². The highest BCUT2D eigenvalue weighted by Gasteiger charge is 2.20. The van der Waals surface area contributed by atoms with E-state index in [0.717, 1.165) is 39.0 Å². The van der Waals surface area contributed by atoms with Gasteiger partial charge in [-0.15, -0.1) is 0 Å². The van der Waals surface area contributed by atoms with Crippen molar-refractivity contribution in [3.8, 4) is 0 Å². The van der Waals surface area contributed by atoms with Gasteiger partial charge in [0, 0.05) is 19.7 Å². The van der Waals surface area contributed by atoms with Crippen LogP contribution in [0, 0.1) is 0 Å². The summed E-state index contributed by atoms with van der Waals surface area (Å²) in [6.07, 6.45) is 3.29. The van der Waals surface area contributed by atoms with E-state index in [0.29, 0.717) is 25.0 Å². The minimum Gasteiger partial charge on any atom is -0.378 e. The van der Waals surface area contributed by atoms with Gasteiger partial charge in [0.2, 0.25) is 11.9 Å². The molecule has 1 aliphatic rings. The smallest absolute Gasteiger partial charge is 0.225 e. The van der Waals surface area contributed by atoms with Crippen LogP contribution >= 0.6 is 0 Å². The van der Waals surface area contributed by atoms with Gasteiger partial charge in [-0.3, -0.25) is 4.90 Å². The van der Waals surface area contributed by atoms with Crippen molar-refractivity contribution in [1.82, 2.24) is 19.9 Å². The number of piperidine rings is 1. The molecule has 6 N–H and O–H groups in total. The van der Waals surface area contributed by atoms with E-state index >= 15 is 0 Å². The second kappa shape index (κ2) is 7.32. The Balaban J connectivity index is 1.76. The van der Waals surface area contributed by atoms with Gasteiger partial charge in [-0.1, -0.05) is 0 Å². The van der Waals surface area contributed by atoms with Crippen LogP contribution in [0.2, 0.25) is 0 Å². The van der Waals surface area contributed by atoms with Crippen LogP contribution in [0.5, 0.6) is 0 Å². The second-order valence-corrected chi connectivity index (χ2v) is 4.96. The molecule has 0 amide bonds. The summed E-state index contributed by atoms with van der Waals surface area (Å²) in [5.41, 5.74) is 16.6. The largest absolute Gasteiger partial charge is 0.378 e. The average molecular weight is 281 g/mol. The van der Waals surface area contributed by atoms with E-state index in [1.807, 2.05) is 0 Å². The topological polar surface area (TPSA) is 129 Å². The first-order chi connectivity index (χ1) is 9.67. The van der Waals surface area contributed by atoms with Crippen molar-refractivity contribution in [2.45, 2.75) is 31.9 Å². The first-order valence-corrected chi connectivity index (χ1v) is 6.97. The molecule has 0 atom stereocenters. The predicted octanol–water partition coefficient (Wildman–Crippen LogP) is -0.634. The molecule has 1 aromatic rings. The molecule has 2 heterocycles. The number of hydrogen-bond donors (Lipinski definition) is 3. The lowest BCUT2D eigenvalue weighted by molar-refractivity contribution is 0.00516. The summed E-state index contributed by atoms with van der Waals surface area (Å²) in [5.74, 6) is 0.970. The zero-order chi connectivity index (χ0) is 14.4. The summed E-state index contributed by atoms with van der Waals surface area (Å²) >= 11 is 0. The number of rotatable bonds is 6. The van der Waals surface area contributed by atoms with Crippen LogP contribution in [0.25, 0.3) is 0 Å². The van der Waals surface area contributed by atoms with Gasteiger partial charge in [-0.25, -0.2) is 0 Å². The molecule has 2 rings (SSSR count). The third kappa shape index (κ3) is 4.55. The van der Waals surface area contributed by atoms with Gasteiger partial charge in [0.05, 0.1) is 12.6 Å². The first kappa shape index (κ1) is 14.9. The lowest BCUT2D eigenvalue weighted by atomic mass is 10.1. The maximum Gasteiger partial charge on any atom is 0.225 e. The fourth-order valence-electron chi connectivity index (χ4n) is 2.29. The zero-order valence-corrected chi connectivity index (χ0v) is 11.7. The van der Waals surface area contributed by atoms with Crippen LogP contribution in [0.15, 0.2) is 0 Å². The molecular formula is C12H23N7O. The van der Waals surface area contributed by atoms with E-state index in [1.165, 1.54) is 0 Å². The molecule has 112 valence electrons. The van der Waals surface area contributed by atoms with Gasteiger partial charge in [0.1, 0.15) is 5.82 Å². The van der Waals surface area contributed by atoms with Gasteiger partial charge < -0.3 is 21.9 Å². The Morgan fingerprint density at radius 1 is 1.10 bits per heavy atom. The second-order valence-electron chi connectivity index (χ2n) is 4.96. The third-order valence-electron chi connectivity index (χ3n) is 3.32. The lowest BCUT2D eigenvalue weighted by Gasteiger charge is -2.31. The average Bonchev–Trinajstić information content (AvgIpc) is 2.40. The molecule has 1 aliphatic heterocycles. The molecule has 8 nitrogen and oxygen atoms in total. The molecule has 0 bridgehead atoms. The van der Waals surface area contributed by atoms with E-state index in [4.69, 9.17) is 21.9 Å². The zero-order valence-electron chi connectivity index (χ0n) is 11.7. The minimum absolute atomic E-state index is 0.174. The quantitative estimate of drug-likeness (QED) is 0.587. The Morgan fingerprint density at radius 3 is 2.35 bits per heavy atom. The maximum atomic E-state index is 5.77. The molecule has 1 saturated heterocycles. The molecule has 0 aliphatic carbocycles. The molecule has 1 aromatic heterocycles. The van der Waals surface area contributed by atoms with E-state index in [2.05, 4.69) is 19.9 Å². The molecule has 0 aromatic carbocycles. The van der Waals surface area contributed by atoms with Crippen LogP contribution in [-0.4, -0.2) is 52.2 Å². The molecule has 0 saturated carbocycles. The van der Waals surface area contributed by atoms with Crippen LogP contribution in [-0.2, 0) is 11.3 Å². The standard InChI is InChI=1S/C12H23N7O/c13-4-1-7-20-9-2-5-19(6-3-9)8-10-16-11(14)18-12(15)17-10/h9H,1-8,13H2,(H4,14,15,16,17,18). The molecular weight excluding hydrogens is 258 g/mol. The highest BCUT2D eigenvalue weighted by molar-refractivity contribution is 5.25. The molecule has 0 radical (unpaired) electrons. The number of hydrogen-bond acceptors (Lipinski definition) is 8. The van der Waals surface area contributed by atoms with Crippen molar-refractivity contribution in [3.05, 3.63) is 5.82 Å². The van der Waals surface area contributed by atoms with Crippen molar-refractivity contribution < 1.29 is 4.74 Å². The van der Waals surface area contributed by atoms with Gasteiger partial charge in [0.25, 0.3) is 0 Å². The van der Waals surface area contributed by atoms with E-state index in [9.17, 15) is 0 Å². The number of nitrogens with zero attached hydrogens (tertiary/aromatic N) is 4. The number of aromatic nitrogens is 3. The summed E-state index contributed by atoms with van der Waals surface area (Å²) in [5, 5.41) is 0. The van der Waals surface area contributed by atoms with Gasteiger partial charge in [-0.05, 0) is 25.8 Å². The normalized spacial score (nSPS) is 17.4. The highest BCUT2D eigenvalue weighted by Crippen LogP contribution is 2.15. The third-order valence-corrected chi connectivity index (χ3v) is 3.32. The van der Waals surface area contributed by atoms with Crippen LogP contribution < -0.4 is 17.2 Å². The summed E-state index contributed by atoms with van der Waals surface area (Å²) in [6.45, 7) is 3.99. The number of likely N-dealkylation sites (tertiary alicyclic amines) is 1. The lowest BCUT2D eigenvalue weighted by Crippen LogP contribution is -2.37. The van der Waals surface area contributed by atoms with E-state index < -0.39 is 0 Å². The van der Waals surface area contributed by atoms with Crippen LogP contribution in [0.3, 0.4) is 0 Å². The minimum atomic E-state index is 0.174. The molecule has 0 unspecified atom stereocenters. The van der Waals surface area contributed by atoms with Crippen molar-refractivity contribution in [1.29, 1.82) is 0 Å². The Kier molecular flexibility index (Phi) is 5.45. The van der Waals surface area contributed by atoms with Gasteiger partial charge in [0.15, 0.2) is 0 Å². The Labute approximate surface area is 118 Å². The monoisotopic (exact) mass is 281 g/mol. The molecule has 0 spiro atoms. The van der Waals surface area contributed by atoms with Gasteiger partial charge >= 0.3 is 0 Å².